The molecule has 35 heavy (non-hydrogen) atoms. The van der Waals surface area contributed by atoms with Crippen LogP contribution in [0.4, 0.5) is 14.5 Å². The Hall–Kier alpha value is -3.14. The number of pyridine rings is 1. The molecule has 2 aromatic rings. The summed E-state index contributed by atoms with van der Waals surface area (Å²) < 4.78 is 24.7. The second kappa shape index (κ2) is 9.85. The number of nitrogens with one attached hydrogen (secondary N) is 2. The standard InChI is InChI=1S/C25H30F2N6O2/c1-15-21(8-7-20(29-15)25(35)28-14-22(26)27)33-11-9-32(10-12-33)17-6-5-16(13-17)23-30-19-4-2-3-18(19)24(34)31-23/h7-8,13,17,22H,2-6,9-12,14H2,1H3,(H,28,35)(H,30,31,34). The molecule has 1 amide bonds. The number of fused-ring (bicyclic) bond motifs is 1. The van der Waals surface area contributed by atoms with E-state index < -0.39 is 18.9 Å². The van der Waals surface area contributed by atoms with Gasteiger partial charge in [-0.05, 0) is 56.7 Å². The zero-order valence-electron chi connectivity index (χ0n) is 19.8. The van der Waals surface area contributed by atoms with Crippen LogP contribution in [-0.2, 0) is 12.8 Å². The van der Waals surface area contributed by atoms with Gasteiger partial charge in [-0.15, -0.1) is 0 Å². The van der Waals surface area contributed by atoms with E-state index in [0.717, 1.165) is 86.6 Å². The molecule has 1 unspecified atom stereocenters. The Kier molecular flexibility index (Phi) is 6.64. The summed E-state index contributed by atoms with van der Waals surface area (Å²) in [5.41, 5.74) is 4.77. The van der Waals surface area contributed by atoms with Crippen molar-refractivity contribution in [2.45, 2.75) is 51.5 Å². The maximum absolute atomic E-state index is 12.4. The van der Waals surface area contributed by atoms with Crippen LogP contribution in [0.5, 0.6) is 0 Å². The Morgan fingerprint density at radius 1 is 1.17 bits per heavy atom. The number of amides is 1. The van der Waals surface area contributed by atoms with Gasteiger partial charge in [0.25, 0.3) is 17.9 Å². The minimum Gasteiger partial charge on any atom is -0.368 e. The minimum atomic E-state index is -2.59. The number of rotatable bonds is 6. The Balaban J connectivity index is 1.20. The highest BCUT2D eigenvalue weighted by atomic mass is 19.3. The summed E-state index contributed by atoms with van der Waals surface area (Å²) in [6.45, 7) is 4.58. The molecule has 1 atom stereocenters. The van der Waals surface area contributed by atoms with Crippen LogP contribution in [-0.4, -0.2) is 71.0 Å². The van der Waals surface area contributed by atoms with Gasteiger partial charge < -0.3 is 15.2 Å². The summed E-state index contributed by atoms with van der Waals surface area (Å²) in [5.74, 6) is 0.143. The molecule has 2 aliphatic carbocycles. The van der Waals surface area contributed by atoms with Gasteiger partial charge in [0.1, 0.15) is 11.5 Å². The summed E-state index contributed by atoms with van der Waals surface area (Å²) in [5, 5.41) is 2.19. The van der Waals surface area contributed by atoms with E-state index in [2.05, 4.69) is 31.2 Å². The SMILES string of the molecule is Cc1nc(C(=O)NCC(F)F)ccc1N1CCN(C2C=C(c3nc4c(c(=O)[nH]3)CCC4)CC2)CC1. The van der Waals surface area contributed by atoms with Crippen molar-refractivity contribution in [3.8, 4) is 0 Å². The first kappa shape index (κ1) is 23.6. The van der Waals surface area contributed by atoms with Crippen molar-refractivity contribution in [2.24, 2.45) is 0 Å². The van der Waals surface area contributed by atoms with Crippen molar-refractivity contribution < 1.29 is 13.6 Å². The van der Waals surface area contributed by atoms with E-state index in [1.54, 1.807) is 6.07 Å². The van der Waals surface area contributed by atoms with Crippen LogP contribution in [0, 0.1) is 6.92 Å². The van der Waals surface area contributed by atoms with Gasteiger partial charge in [-0.3, -0.25) is 14.5 Å². The lowest BCUT2D eigenvalue weighted by atomic mass is 10.1. The average molecular weight is 485 g/mol. The number of halogens is 2. The Labute approximate surface area is 202 Å². The first-order valence-electron chi connectivity index (χ1n) is 12.2. The molecule has 2 N–H and O–H groups in total. The molecular weight excluding hydrogens is 454 g/mol. The Morgan fingerprint density at radius 2 is 1.97 bits per heavy atom. The third-order valence-electron chi connectivity index (χ3n) is 7.18. The molecule has 3 aliphatic rings. The number of alkyl halides is 2. The van der Waals surface area contributed by atoms with Crippen molar-refractivity contribution in [3.05, 3.63) is 57.0 Å². The van der Waals surface area contributed by atoms with Gasteiger partial charge in [-0.2, -0.15) is 0 Å². The third kappa shape index (κ3) is 4.98. The predicted octanol–water partition coefficient (Wildman–Crippen LogP) is 2.32. The Morgan fingerprint density at radius 3 is 2.71 bits per heavy atom. The number of piperazine rings is 1. The lowest BCUT2D eigenvalue weighted by Gasteiger charge is -2.39. The smallest absolute Gasteiger partial charge is 0.270 e. The van der Waals surface area contributed by atoms with Crippen LogP contribution >= 0.6 is 0 Å². The molecule has 0 saturated carbocycles. The average Bonchev–Trinajstić information content (AvgIpc) is 3.53. The summed E-state index contributed by atoms with van der Waals surface area (Å²) in [6, 6.07) is 3.76. The molecule has 2 aromatic heterocycles. The quantitative estimate of drug-likeness (QED) is 0.654. The minimum absolute atomic E-state index is 0.0157. The molecule has 0 aromatic carbocycles. The van der Waals surface area contributed by atoms with E-state index in [4.69, 9.17) is 4.98 Å². The van der Waals surface area contributed by atoms with E-state index in [1.807, 2.05) is 13.0 Å². The summed E-state index contributed by atoms with van der Waals surface area (Å²) >= 11 is 0. The Bertz CT molecular complexity index is 1200. The van der Waals surface area contributed by atoms with Crippen LogP contribution in [0.25, 0.3) is 5.57 Å². The number of allylic oxidation sites excluding steroid dienone is 1. The maximum atomic E-state index is 12.4. The van der Waals surface area contributed by atoms with Crippen LogP contribution in [0.1, 0.15) is 52.5 Å². The molecule has 10 heteroatoms. The van der Waals surface area contributed by atoms with Crippen LogP contribution in [0.2, 0.25) is 0 Å². The number of anilines is 1. The van der Waals surface area contributed by atoms with E-state index in [1.165, 1.54) is 0 Å². The van der Waals surface area contributed by atoms with Crippen molar-refractivity contribution in [2.75, 3.05) is 37.6 Å². The fourth-order valence-electron chi connectivity index (χ4n) is 5.35. The van der Waals surface area contributed by atoms with Gasteiger partial charge in [0.15, 0.2) is 0 Å². The van der Waals surface area contributed by atoms with Crippen LogP contribution in [0.15, 0.2) is 23.0 Å². The molecular formula is C25H30F2N6O2. The highest BCUT2D eigenvalue weighted by Gasteiger charge is 2.28. The first-order valence-corrected chi connectivity index (χ1v) is 12.2. The number of nitrogens with zero attached hydrogens (tertiary/aromatic N) is 4. The summed E-state index contributed by atoms with van der Waals surface area (Å²) in [4.78, 5) is 41.2. The molecule has 1 saturated heterocycles. The highest BCUT2D eigenvalue weighted by molar-refractivity contribution is 5.92. The van der Waals surface area contributed by atoms with Gasteiger partial charge >= 0.3 is 0 Å². The zero-order chi connectivity index (χ0) is 24.5. The van der Waals surface area contributed by atoms with E-state index >= 15 is 0 Å². The molecule has 5 rings (SSSR count). The number of hydrogen-bond acceptors (Lipinski definition) is 6. The number of H-pyrrole nitrogens is 1. The molecule has 3 heterocycles. The van der Waals surface area contributed by atoms with Crippen molar-refractivity contribution in [3.63, 3.8) is 0 Å². The molecule has 186 valence electrons. The normalized spacial score (nSPS) is 20.3. The zero-order valence-corrected chi connectivity index (χ0v) is 19.8. The topological polar surface area (TPSA) is 94.2 Å². The fraction of sp³-hybridized carbons (Fsp3) is 0.520. The van der Waals surface area contributed by atoms with Crippen LogP contribution < -0.4 is 15.8 Å². The van der Waals surface area contributed by atoms with Crippen molar-refractivity contribution in [1.29, 1.82) is 0 Å². The lowest BCUT2D eigenvalue weighted by molar-refractivity contribution is 0.0887. The predicted molar refractivity (Wildman–Crippen MR) is 129 cm³/mol. The lowest BCUT2D eigenvalue weighted by Crippen LogP contribution is -2.49. The van der Waals surface area contributed by atoms with E-state index in [-0.39, 0.29) is 11.3 Å². The number of aryl methyl sites for hydroxylation is 2. The number of carbonyl (C=O) groups is 1. The first-order chi connectivity index (χ1) is 16.9. The molecule has 0 spiro atoms. The van der Waals surface area contributed by atoms with Crippen LogP contribution in [0.3, 0.4) is 0 Å². The number of aromatic amines is 1. The summed E-state index contributed by atoms with van der Waals surface area (Å²) in [7, 11) is 0. The van der Waals surface area contributed by atoms with Gasteiger partial charge in [0, 0.05) is 37.8 Å². The number of carbonyl (C=O) groups excluding carboxylic acids is 1. The monoisotopic (exact) mass is 484 g/mol. The largest absolute Gasteiger partial charge is 0.368 e. The third-order valence-corrected chi connectivity index (χ3v) is 7.18. The fourth-order valence-corrected chi connectivity index (χ4v) is 5.35. The molecule has 8 nitrogen and oxygen atoms in total. The van der Waals surface area contributed by atoms with Gasteiger partial charge in [0.05, 0.1) is 23.6 Å². The number of hydrogen-bond donors (Lipinski definition) is 2. The molecule has 1 aliphatic heterocycles. The van der Waals surface area contributed by atoms with Gasteiger partial charge in [-0.25, -0.2) is 18.7 Å². The molecule has 0 bridgehead atoms. The van der Waals surface area contributed by atoms with E-state index in [9.17, 15) is 18.4 Å². The number of aromatic nitrogens is 3. The van der Waals surface area contributed by atoms with Gasteiger partial charge in [0.2, 0.25) is 0 Å². The molecule has 1 fully saturated rings. The highest BCUT2D eigenvalue weighted by Crippen LogP contribution is 2.31. The van der Waals surface area contributed by atoms with Crippen molar-refractivity contribution >= 4 is 17.2 Å². The second-order valence-corrected chi connectivity index (χ2v) is 9.42. The van der Waals surface area contributed by atoms with Crippen molar-refractivity contribution in [1.82, 2.24) is 25.2 Å². The second-order valence-electron chi connectivity index (χ2n) is 9.42. The maximum Gasteiger partial charge on any atom is 0.270 e. The summed E-state index contributed by atoms with van der Waals surface area (Å²) in [6.07, 6.45) is 4.31. The van der Waals surface area contributed by atoms with Gasteiger partial charge in [-0.1, -0.05) is 6.08 Å². The molecule has 0 radical (unpaired) electrons. The van der Waals surface area contributed by atoms with E-state index in [0.29, 0.717) is 11.7 Å².